The van der Waals surface area contributed by atoms with E-state index in [4.69, 9.17) is 10.5 Å². The van der Waals surface area contributed by atoms with Gasteiger partial charge in [-0.3, -0.25) is 9.48 Å². The van der Waals surface area contributed by atoms with Crippen LogP contribution in [0.25, 0.3) is 0 Å². The molecule has 2 rings (SSSR count). The van der Waals surface area contributed by atoms with Gasteiger partial charge in [0.1, 0.15) is 5.69 Å². The molecule has 0 saturated heterocycles. The van der Waals surface area contributed by atoms with E-state index in [9.17, 15) is 4.79 Å². The van der Waals surface area contributed by atoms with Gasteiger partial charge < -0.3 is 10.5 Å². The molecule has 1 saturated carbocycles. The van der Waals surface area contributed by atoms with Crippen molar-refractivity contribution < 1.29 is 9.53 Å². The molecule has 1 fully saturated rings. The minimum atomic E-state index is -0.479. The molecule has 1 aliphatic rings. The van der Waals surface area contributed by atoms with Crippen LogP contribution < -0.4 is 5.73 Å². The van der Waals surface area contributed by atoms with Gasteiger partial charge in [0.2, 0.25) is 0 Å². The van der Waals surface area contributed by atoms with E-state index in [1.807, 2.05) is 6.92 Å². The maximum atomic E-state index is 12.8. The number of ketones is 1. The maximum Gasteiger partial charge on any atom is 0.189 e. The SMILES string of the molecule is COCCn1ncc(Br)c1C(=O)C1(C)CCCC1N. The van der Waals surface area contributed by atoms with E-state index < -0.39 is 5.41 Å². The minimum absolute atomic E-state index is 0.0716. The van der Waals surface area contributed by atoms with Gasteiger partial charge in [0, 0.05) is 18.6 Å². The Morgan fingerprint density at radius 3 is 3.05 bits per heavy atom. The molecular weight excluding hydrogens is 310 g/mol. The summed E-state index contributed by atoms with van der Waals surface area (Å²) in [6, 6.07) is -0.0716. The number of nitrogens with two attached hydrogens (primary N) is 1. The summed E-state index contributed by atoms with van der Waals surface area (Å²) in [7, 11) is 1.63. The molecule has 1 aromatic rings. The van der Waals surface area contributed by atoms with E-state index in [2.05, 4.69) is 21.0 Å². The van der Waals surface area contributed by atoms with Crippen LogP contribution >= 0.6 is 15.9 Å². The summed E-state index contributed by atoms with van der Waals surface area (Å²) in [6.45, 7) is 3.05. The van der Waals surface area contributed by atoms with E-state index >= 15 is 0 Å². The number of nitrogens with zero attached hydrogens (tertiary/aromatic N) is 2. The molecule has 6 heteroatoms. The zero-order valence-electron chi connectivity index (χ0n) is 11.4. The van der Waals surface area contributed by atoms with E-state index in [1.54, 1.807) is 18.0 Å². The van der Waals surface area contributed by atoms with E-state index in [0.29, 0.717) is 18.8 Å². The van der Waals surface area contributed by atoms with Gasteiger partial charge in [-0.25, -0.2) is 0 Å². The second kappa shape index (κ2) is 5.73. The van der Waals surface area contributed by atoms with Gasteiger partial charge in [-0.2, -0.15) is 5.10 Å². The maximum absolute atomic E-state index is 12.8. The molecular formula is C13H20BrN3O2. The predicted octanol–water partition coefficient (Wildman–Crippen LogP) is 1.99. The van der Waals surface area contributed by atoms with Crippen molar-refractivity contribution in [2.75, 3.05) is 13.7 Å². The van der Waals surface area contributed by atoms with Gasteiger partial charge in [0.25, 0.3) is 0 Å². The molecule has 1 heterocycles. The van der Waals surface area contributed by atoms with Crippen LogP contribution in [0.1, 0.15) is 36.7 Å². The first-order valence-electron chi connectivity index (χ1n) is 6.51. The molecule has 0 spiro atoms. The van der Waals surface area contributed by atoms with Gasteiger partial charge in [0.05, 0.1) is 23.8 Å². The molecule has 0 aromatic carbocycles. The Morgan fingerprint density at radius 2 is 2.47 bits per heavy atom. The number of aromatic nitrogens is 2. The van der Waals surface area contributed by atoms with Crippen LogP contribution in [-0.2, 0) is 11.3 Å². The smallest absolute Gasteiger partial charge is 0.189 e. The number of hydrogen-bond donors (Lipinski definition) is 1. The second-order valence-corrected chi connectivity index (χ2v) is 6.16. The fraction of sp³-hybridized carbons (Fsp3) is 0.692. The summed E-state index contributed by atoms with van der Waals surface area (Å²) in [5.74, 6) is 0.0815. The van der Waals surface area contributed by atoms with Crippen molar-refractivity contribution in [1.82, 2.24) is 9.78 Å². The predicted molar refractivity (Wildman–Crippen MR) is 76.1 cm³/mol. The zero-order chi connectivity index (χ0) is 14.0. The van der Waals surface area contributed by atoms with Gasteiger partial charge in [-0.05, 0) is 28.8 Å². The summed E-state index contributed by atoms with van der Waals surface area (Å²) < 4.78 is 7.48. The summed E-state index contributed by atoms with van der Waals surface area (Å²) >= 11 is 3.42. The summed E-state index contributed by atoms with van der Waals surface area (Å²) in [4.78, 5) is 12.8. The van der Waals surface area contributed by atoms with Crippen molar-refractivity contribution in [2.45, 2.75) is 38.8 Å². The first-order valence-corrected chi connectivity index (χ1v) is 7.30. The molecule has 1 aliphatic carbocycles. The fourth-order valence-electron chi connectivity index (χ4n) is 2.68. The summed E-state index contributed by atoms with van der Waals surface area (Å²) in [6.07, 6.45) is 4.42. The van der Waals surface area contributed by atoms with Gasteiger partial charge in [0.15, 0.2) is 5.78 Å². The van der Waals surface area contributed by atoms with Gasteiger partial charge >= 0.3 is 0 Å². The van der Waals surface area contributed by atoms with Crippen molar-refractivity contribution in [3.05, 3.63) is 16.4 Å². The van der Waals surface area contributed by atoms with Crippen LogP contribution in [0.15, 0.2) is 10.7 Å². The van der Waals surface area contributed by atoms with Crippen LogP contribution in [0.3, 0.4) is 0 Å². The largest absolute Gasteiger partial charge is 0.383 e. The minimum Gasteiger partial charge on any atom is -0.383 e. The number of rotatable bonds is 5. The first kappa shape index (κ1) is 14.7. The number of carbonyl (C=O) groups excluding carboxylic acids is 1. The average molecular weight is 330 g/mol. The molecule has 0 bridgehead atoms. The fourth-order valence-corrected chi connectivity index (χ4v) is 3.16. The van der Waals surface area contributed by atoms with Gasteiger partial charge in [-0.1, -0.05) is 13.3 Å². The standard InChI is InChI=1S/C13H20BrN3O2/c1-13(5-3-4-10(13)15)12(18)11-9(14)8-16-17(11)6-7-19-2/h8,10H,3-7,15H2,1-2H3. The zero-order valence-corrected chi connectivity index (χ0v) is 12.9. The van der Waals surface area contributed by atoms with Crippen LogP contribution in [-0.4, -0.2) is 35.3 Å². The Morgan fingerprint density at radius 1 is 1.74 bits per heavy atom. The van der Waals surface area contributed by atoms with Crippen molar-refractivity contribution >= 4 is 21.7 Å². The van der Waals surface area contributed by atoms with Crippen molar-refractivity contribution in [3.63, 3.8) is 0 Å². The van der Waals surface area contributed by atoms with E-state index in [1.165, 1.54) is 0 Å². The number of methoxy groups -OCH3 is 1. The number of ether oxygens (including phenoxy) is 1. The molecule has 19 heavy (non-hydrogen) atoms. The highest BCUT2D eigenvalue weighted by Crippen LogP contribution is 2.40. The third-order valence-corrected chi connectivity index (χ3v) is 4.65. The van der Waals surface area contributed by atoms with Crippen LogP contribution in [0, 0.1) is 5.41 Å². The lowest BCUT2D eigenvalue weighted by molar-refractivity contribution is 0.0786. The Balaban J connectivity index is 2.30. The van der Waals surface area contributed by atoms with E-state index in [-0.39, 0.29) is 11.8 Å². The number of halogens is 1. The Kier molecular flexibility index (Phi) is 4.43. The lowest BCUT2D eigenvalue weighted by Gasteiger charge is -2.27. The molecule has 0 aliphatic heterocycles. The van der Waals surface area contributed by atoms with Crippen LogP contribution in [0.2, 0.25) is 0 Å². The van der Waals surface area contributed by atoms with Crippen LogP contribution in [0.5, 0.6) is 0 Å². The molecule has 106 valence electrons. The molecule has 0 radical (unpaired) electrons. The highest BCUT2D eigenvalue weighted by Gasteiger charge is 2.44. The quantitative estimate of drug-likeness (QED) is 0.838. The van der Waals surface area contributed by atoms with Crippen molar-refractivity contribution in [1.29, 1.82) is 0 Å². The monoisotopic (exact) mass is 329 g/mol. The average Bonchev–Trinajstić information content (AvgIpc) is 2.91. The molecule has 1 aromatic heterocycles. The molecule has 0 amide bonds. The number of carbonyl (C=O) groups is 1. The van der Waals surface area contributed by atoms with Crippen molar-refractivity contribution in [2.24, 2.45) is 11.1 Å². The molecule has 2 N–H and O–H groups in total. The third kappa shape index (κ3) is 2.61. The van der Waals surface area contributed by atoms with Crippen molar-refractivity contribution in [3.8, 4) is 0 Å². The Bertz CT molecular complexity index is 474. The Hall–Kier alpha value is -0.720. The number of hydrogen-bond acceptors (Lipinski definition) is 4. The highest BCUT2D eigenvalue weighted by atomic mass is 79.9. The summed E-state index contributed by atoms with van der Waals surface area (Å²) in [5.41, 5.74) is 6.26. The second-order valence-electron chi connectivity index (χ2n) is 5.30. The number of Topliss-reactive ketones (excluding diaryl/α,β-unsaturated/α-hetero) is 1. The molecule has 5 nitrogen and oxygen atoms in total. The van der Waals surface area contributed by atoms with Gasteiger partial charge in [-0.15, -0.1) is 0 Å². The highest BCUT2D eigenvalue weighted by molar-refractivity contribution is 9.10. The van der Waals surface area contributed by atoms with E-state index in [0.717, 1.165) is 23.7 Å². The molecule has 2 atom stereocenters. The lowest BCUT2D eigenvalue weighted by atomic mass is 9.79. The Labute approximate surface area is 121 Å². The normalized spacial score (nSPS) is 26.8. The lowest BCUT2D eigenvalue weighted by Crippen LogP contribution is -2.42. The topological polar surface area (TPSA) is 70.1 Å². The molecule has 2 unspecified atom stereocenters. The van der Waals surface area contributed by atoms with Crippen LogP contribution in [0.4, 0.5) is 0 Å². The first-order chi connectivity index (χ1) is 9.00. The third-order valence-electron chi connectivity index (χ3n) is 4.07. The summed E-state index contributed by atoms with van der Waals surface area (Å²) in [5, 5.41) is 4.23.